The molecule has 0 radical (unpaired) electrons. The highest BCUT2D eigenvalue weighted by Gasteiger charge is 2.29. The van der Waals surface area contributed by atoms with Crippen molar-refractivity contribution in [2.45, 2.75) is 18.9 Å². The molecule has 0 bridgehead atoms. The van der Waals surface area contributed by atoms with Crippen LogP contribution in [0.2, 0.25) is 0 Å². The summed E-state index contributed by atoms with van der Waals surface area (Å²) >= 11 is 0. The number of benzene rings is 1. The molecule has 1 heterocycles. The fraction of sp³-hybridized carbons (Fsp3) is 0.562. The first-order chi connectivity index (χ1) is 10.3. The molecule has 0 aliphatic carbocycles. The van der Waals surface area contributed by atoms with Gasteiger partial charge in [-0.3, -0.25) is 4.79 Å². The summed E-state index contributed by atoms with van der Waals surface area (Å²) in [5, 5.41) is 3.32. The first kappa shape index (κ1) is 15.8. The molecule has 0 saturated carbocycles. The molecule has 1 atom stereocenters. The van der Waals surface area contributed by atoms with Crippen molar-refractivity contribution in [2.24, 2.45) is 0 Å². The Balaban J connectivity index is 1.95. The van der Waals surface area contributed by atoms with E-state index in [1.54, 1.807) is 14.2 Å². The third-order valence-corrected chi connectivity index (χ3v) is 3.72. The molecule has 5 heteroatoms. The van der Waals surface area contributed by atoms with Crippen LogP contribution < -0.4 is 5.32 Å². The van der Waals surface area contributed by atoms with E-state index in [-0.39, 0.29) is 11.9 Å². The number of fused-ring (bicyclic) bond motifs is 1. The molecule has 0 spiro atoms. The van der Waals surface area contributed by atoms with Crippen LogP contribution in [0.1, 0.15) is 12.0 Å². The Labute approximate surface area is 126 Å². The molecule has 21 heavy (non-hydrogen) atoms. The van der Waals surface area contributed by atoms with Crippen LogP contribution in [-0.2, 0) is 20.7 Å². The van der Waals surface area contributed by atoms with Crippen molar-refractivity contribution < 1.29 is 14.3 Å². The van der Waals surface area contributed by atoms with Gasteiger partial charge in [-0.15, -0.1) is 0 Å². The van der Waals surface area contributed by atoms with Crippen LogP contribution in [0.3, 0.4) is 0 Å². The number of para-hydroxylation sites is 1. The van der Waals surface area contributed by atoms with Crippen molar-refractivity contribution in [3.05, 3.63) is 29.8 Å². The van der Waals surface area contributed by atoms with Crippen LogP contribution >= 0.6 is 0 Å². The van der Waals surface area contributed by atoms with E-state index in [1.165, 1.54) is 5.56 Å². The lowest BCUT2D eigenvalue weighted by molar-refractivity contribution is -0.132. The maximum Gasteiger partial charge on any atom is 0.245 e. The van der Waals surface area contributed by atoms with Crippen molar-refractivity contribution in [2.75, 3.05) is 45.8 Å². The summed E-state index contributed by atoms with van der Waals surface area (Å²) in [6, 6.07) is 7.92. The average molecular weight is 292 g/mol. The van der Waals surface area contributed by atoms with Gasteiger partial charge in [0.2, 0.25) is 5.91 Å². The lowest BCUT2D eigenvalue weighted by Crippen LogP contribution is -2.44. The Morgan fingerprint density at radius 3 is 2.71 bits per heavy atom. The topological polar surface area (TPSA) is 50.8 Å². The molecule has 0 saturated heterocycles. The summed E-state index contributed by atoms with van der Waals surface area (Å²) in [6.07, 6.45) is 1.59. The fourth-order valence-electron chi connectivity index (χ4n) is 2.60. The molecule has 1 aromatic carbocycles. The van der Waals surface area contributed by atoms with E-state index in [1.807, 2.05) is 23.1 Å². The first-order valence-corrected chi connectivity index (χ1v) is 7.37. The number of hydrogen-bond acceptors (Lipinski definition) is 4. The molecule has 1 unspecified atom stereocenters. The highest BCUT2D eigenvalue weighted by atomic mass is 16.5. The third kappa shape index (κ3) is 4.19. The second kappa shape index (κ2) is 8.00. The minimum atomic E-state index is -0.165. The van der Waals surface area contributed by atoms with E-state index in [0.29, 0.717) is 26.3 Å². The molecule has 1 aromatic rings. The van der Waals surface area contributed by atoms with Crippen LogP contribution in [0.5, 0.6) is 0 Å². The maximum atomic E-state index is 12.7. The summed E-state index contributed by atoms with van der Waals surface area (Å²) < 4.78 is 10.2. The Hall–Kier alpha value is -1.59. The Morgan fingerprint density at radius 2 is 2.00 bits per heavy atom. The quantitative estimate of drug-likeness (QED) is 0.738. The van der Waals surface area contributed by atoms with E-state index >= 15 is 0 Å². The van der Waals surface area contributed by atoms with E-state index in [9.17, 15) is 4.79 Å². The minimum absolute atomic E-state index is 0.138. The fourth-order valence-corrected chi connectivity index (χ4v) is 2.60. The van der Waals surface area contributed by atoms with Crippen molar-refractivity contribution >= 4 is 11.6 Å². The molecular formula is C16H24N2O3. The smallest absolute Gasteiger partial charge is 0.245 e. The summed E-state index contributed by atoms with van der Waals surface area (Å²) in [5.74, 6) is 0.138. The van der Waals surface area contributed by atoms with Gasteiger partial charge in [-0.1, -0.05) is 18.2 Å². The Morgan fingerprint density at radius 1 is 1.24 bits per heavy atom. The summed E-state index contributed by atoms with van der Waals surface area (Å²) in [7, 11) is 3.33. The van der Waals surface area contributed by atoms with Gasteiger partial charge >= 0.3 is 0 Å². The number of anilines is 1. The van der Waals surface area contributed by atoms with Crippen LogP contribution in [0.4, 0.5) is 5.69 Å². The molecule has 1 aliphatic heterocycles. The zero-order valence-electron chi connectivity index (χ0n) is 12.8. The second-order valence-corrected chi connectivity index (χ2v) is 5.22. The lowest BCUT2D eigenvalue weighted by Gasteiger charge is -2.25. The predicted octanol–water partition coefficient (Wildman–Crippen LogP) is 1.53. The summed E-state index contributed by atoms with van der Waals surface area (Å²) in [4.78, 5) is 14.5. The third-order valence-electron chi connectivity index (χ3n) is 3.72. The van der Waals surface area contributed by atoms with Crippen LogP contribution in [0.15, 0.2) is 24.3 Å². The van der Waals surface area contributed by atoms with E-state index in [0.717, 1.165) is 18.5 Å². The molecular weight excluding hydrogens is 268 g/mol. The molecule has 5 nitrogen and oxygen atoms in total. The highest BCUT2D eigenvalue weighted by Crippen LogP contribution is 2.26. The molecule has 1 amide bonds. The second-order valence-electron chi connectivity index (χ2n) is 5.22. The van der Waals surface area contributed by atoms with Gasteiger partial charge in [-0.25, -0.2) is 0 Å². The number of methoxy groups -OCH3 is 2. The number of rotatable bonds is 8. The number of nitrogens with zero attached hydrogens (tertiary/aromatic N) is 1. The maximum absolute atomic E-state index is 12.7. The van der Waals surface area contributed by atoms with E-state index in [2.05, 4.69) is 11.4 Å². The van der Waals surface area contributed by atoms with Crippen molar-refractivity contribution in [1.29, 1.82) is 0 Å². The molecule has 0 aromatic heterocycles. The van der Waals surface area contributed by atoms with Gasteiger partial charge in [0.25, 0.3) is 0 Å². The number of carbonyl (C=O) groups excluding carboxylic acids is 1. The van der Waals surface area contributed by atoms with Crippen molar-refractivity contribution in [3.63, 3.8) is 0 Å². The predicted molar refractivity (Wildman–Crippen MR) is 82.5 cm³/mol. The zero-order chi connectivity index (χ0) is 15.1. The molecule has 2 rings (SSSR count). The standard InChI is InChI=1S/C16H24N2O3/c1-20-10-5-8-18(9-11-21-2)16(19)15-12-13-6-3-4-7-14(13)17-15/h3-4,6-7,15,17H,5,8-12H2,1-2H3. The van der Waals surface area contributed by atoms with Gasteiger partial charge in [0.05, 0.1) is 6.61 Å². The lowest BCUT2D eigenvalue weighted by atomic mass is 10.1. The van der Waals surface area contributed by atoms with Crippen LogP contribution in [0, 0.1) is 0 Å². The molecule has 1 N–H and O–H groups in total. The van der Waals surface area contributed by atoms with Crippen molar-refractivity contribution in [1.82, 2.24) is 4.90 Å². The number of nitrogens with one attached hydrogen (secondary N) is 1. The van der Waals surface area contributed by atoms with Crippen LogP contribution in [-0.4, -0.2) is 57.4 Å². The number of hydrogen-bond donors (Lipinski definition) is 1. The van der Waals surface area contributed by atoms with Gasteiger partial charge in [0.15, 0.2) is 0 Å². The molecule has 116 valence electrons. The zero-order valence-corrected chi connectivity index (χ0v) is 12.8. The number of ether oxygens (including phenoxy) is 2. The van der Waals surface area contributed by atoms with Crippen LogP contribution in [0.25, 0.3) is 0 Å². The number of amides is 1. The highest BCUT2D eigenvalue weighted by molar-refractivity contribution is 5.87. The van der Waals surface area contributed by atoms with Gasteiger partial charge < -0.3 is 19.7 Å². The van der Waals surface area contributed by atoms with Crippen molar-refractivity contribution in [3.8, 4) is 0 Å². The minimum Gasteiger partial charge on any atom is -0.385 e. The Bertz CT molecular complexity index is 440. The van der Waals surface area contributed by atoms with Gasteiger partial charge in [0.1, 0.15) is 6.04 Å². The van der Waals surface area contributed by atoms with E-state index < -0.39 is 0 Å². The Kier molecular flexibility index (Phi) is 6.02. The normalized spacial score (nSPS) is 16.4. The van der Waals surface area contributed by atoms with Gasteiger partial charge in [-0.05, 0) is 18.1 Å². The van der Waals surface area contributed by atoms with Gasteiger partial charge in [-0.2, -0.15) is 0 Å². The monoisotopic (exact) mass is 292 g/mol. The molecule has 0 fully saturated rings. The van der Waals surface area contributed by atoms with E-state index in [4.69, 9.17) is 9.47 Å². The molecule has 1 aliphatic rings. The largest absolute Gasteiger partial charge is 0.385 e. The number of carbonyl (C=O) groups is 1. The SMILES string of the molecule is COCCCN(CCOC)C(=O)C1Cc2ccccc2N1. The van der Waals surface area contributed by atoms with Gasteiger partial charge in [0, 0.05) is 46.0 Å². The average Bonchev–Trinajstić information content (AvgIpc) is 2.94. The summed E-state index contributed by atoms with van der Waals surface area (Å²) in [6.45, 7) is 2.53. The first-order valence-electron chi connectivity index (χ1n) is 7.37. The summed E-state index contributed by atoms with van der Waals surface area (Å²) in [5.41, 5.74) is 2.28.